The lowest BCUT2D eigenvalue weighted by Gasteiger charge is -2.36. The van der Waals surface area contributed by atoms with Crippen molar-refractivity contribution in [2.45, 2.75) is 12.6 Å². The van der Waals surface area contributed by atoms with Crippen molar-refractivity contribution in [3.63, 3.8) is 0 Å². The Morgan fingerprint density at radius 3 is 2.75 bits per heavy atom. The molecular formula is C14H21N3O2S. The van der Waals surface area contributed by atoms with Gasteiger partial charge in [0.1, 0.15) is 0 Å². The van der Waals surface area contributed by atoms with E-state index in [9.17, 15) is 4.79 Å². The highest BCUT2D eigenvalue weighted by molar-refractivity contribution is 7.09. The largest absolute Gasteiger partial charge is 0.379 e. The van der Waals surface area contributed by atoms with Crippen molar-refractivity contribution >= 4 is 17.2 Å². The van der Waals surface area contributed by atoms with Crippen molar-refractivity contribution in [1.29, 1.82) is 0 Å². The highest BCUT2D eigenvalue weighted by atomic mass is 32.1. The molecule has 2 aliphatic heterocycles. The maximum absolute atomic E-state index is 12.4. The van der Waals surface area contributed by atoms with Gasteiger partial charge in [-0.1, -0.05) is 6.07 Å². The first-order valence-electron chi connectivity index (χ1n) is 7.11. The Morgan fingerprint density at radius 2 is 2.15 bits per heavy atom. The molecule has 0 saturated carbocycles. The summed E-state index contributed by atoms with van der Waals surface area (Å²) in [6.07, 6.45) is 0. The molecule has 2 fully saturated rings. The van der Waals surface area contributed by atoms with Gasteiger partial charge in [0.05, 0.1) is 19.1 Å². The van der Waals surface area contributed by atoms with Crippen LogP contribution in [0.5, 0.6) is 0 Å². The lowest BCUT2D eigenvalue weighted by Crippen LogP contribution is -2.52. The van der Waals surface area contributed by atoms with E-state index in [2.05, 4.69) is 22.4 Å². The topological polar surface area (TPSA) is 58.8 Å². The molecule has 2 unspecified atom stereocenters. The summed E-state index contributed by atoms with van der Waals surface area (Å²) < 4.78 is 5.29. The van der Waals surface area contributed by atoms with Gasteiger partial charge in [0.25, 0.3) is 0 Å². The minimum absolute atomic E-state index is 0.133. The van der Waals surface area contributed by atoms with Crippen LogP contribution in [0.4, 0.5) is 0 Å². The molecule has 6 heteroatoms. The first kappa shape index (κ1) is 14.0. The van der Waals surface area contributed by atoms with E-state index in [-0.39, 0.29) is 17.9 Å². The number of piperazine rings is 1. The summed E-state index contributed by atoms with van der Waals surface area (Å²) in [5.41, 5.74) is 5.92. The molecule has 0 radical (unpaired) electrons. The molecule has 1 aromatic heterocycles. The van der Waals surface area contributed by atoms with E-state index in [0.29, 0.717) is 13.2 Å². The number of thiophene rings is 1. The Labute approximate surface area is 123 Å². The summed E-state index contributed by atoms with van der Waals surface area (Å²) in [7, 11) is 0. The summed E-state index contributed by atoms with van der Waals surface area (Å²) in [4.78, 5) is 18.1. The Kier molecular flexibility index (Phi) is 4.35. The number of nitrogens with zero attached hydrogens (tertiary/aromatic N) is 2. The molecule has 3 rings (SSSR count). The summed E-state index contributed by atoms with van der Waals surface area (Å²) in [5.74, 6) is 0.0321. The van der Waals surface area contributed by atoms with E-state index in [1.165, 1.54) is 4.88 Å². The molecule has 2 aliphatic rings. The number of carbonyl (C=O) groups is 1. The lowest BCUT2D eigenvalue weighted by atomic mass is 10.0. The van der Waals surface area contributed by atoms with E-state index >= 15 is 0 Å². The quantitative estimate of drug-likeness (QED) is 0.875. The lowest BCUT2D eigenvalue weighted by molar-refractivity contribution is -0.137. The molecule has 110 valence electrons. The molecule has 0 spiro atoms. The monoisotopic (exact) mass is 295 g/mol. The molecule has 2 atom stereocenters. The Balaban J connectivity index is 1.49. The number of amides is 1. The van der Waals surface area contributed by atoms with Crippen LogP contribution in [0.3, 0.4) is 0 Å². The van der Waals surface area contributed by atoms with Crippen LogP contribution in [0.15, 0.2) is 17.5 Å². The first-order chi connectivity index (χ1) is 9.74. The fraction of sp³-hybridized carbons (Fsp3) is 0.643. The van der Waals surface area contributed by atoms with Crippen LogP contribution in [-0.4, -0.2) is 61.1 Å². The average molecular weight is 295 g/mol. The molecule has 3 heterocycles. The first-order valence-corrected chi connectivity index (χ1v) is 7.99. The van der Waals surface area contributed by atoms with E-state index in [0.717, 1.165) is 32.7 Å². The highest BCUT2D eigenvalue weighted by Gasteiger charge is 2.35. The van der Waals surface area contributed by atoms with Gasteiger partial charge < -0.3 is 15.4 Å². The van der Waals surface area contributed by atoms with E-state index in [1.54, 1.807) is 11.3 Å². The van der Waals surface area contributed by atoms with Crippen LogP contribution in [0.2, 0.25) is 0 Å². The third-order valence-electron chi connectivity index (χ3n) is 4.09. The molecule has 2 saturated heterocycles. The minimum atomic E-state index is -0.140. The van der Waals surface area contributed by atoms with Crippen LogP contribution in [0, 0.1) is 5.92 Å². The second kappa shape index (κ2) is 6.22. The van der Waals surface area contributed by atoms with Gasteiger partial charge in [-0.25, -0.2) is 0 Å². The zero-order chi connectivity index (χ0) is 13.9. The molecule has 0 aromatic carbocycles. The van der Waals surface area contributed by atoms with Crippen molar-refractivity contribution in [3.05, 3.63) is 22.4 Å². The molecule has 2 N–H and O–H groups in total. The van der Waals surface area contributed by atoms with Gasteiger partial charge in [0.2, 0.25) is 5.91 Å². The Bertz CT molecular complexity index is 443. The summed E-state index contributed by atoms with van der Waals surface area (Å²) in [6.45, 7) is 5.45. The maximum Gasteiger partial charge on any atom is 0.229 e. The van der Waals surface area contributed by atoms with Crippen molar-refractivity contribution in [3.8, 4) is 0 Å². The van der Waals surface area contributed by atoms with Crippen LogP contribution in [0.25, 0.3) is 0 Å². The number of rotatable bonds is 3. The second-order valence-corrected chi connectivity index (χ2v) is 6.52. The van der Waals surface area contributed by atoms with Crippen LogP contribution in [0.1, 0.15) is 4.88 Å². The van der Waals surface area contributed by atoms with Gasteiger partial charge >= 0.3 is 0 Å². The maximum atomic E-state index is 12.4. The average Bonchev–Trinajstić information content (AvgIpc) is 3.10. The van der Waals surface area contributed by atoms with E-state index < -0.39 is 0 Å². The number of hydrogen-bond donors (Lipinski definition) is 1. The van der Waals surface area contributed by atoms with Crippen molar-refractivity contribution in [1.82, 2.24) is 9.80 Å². The zero-order valence-electron chi connectivity index (χ0n) is 11.5. The fourth-order valence-corrected chi connectivity index (χ4v) is 3.56. The predicted molar refractivity (Wildman–Crippen MR) is 78.5 cm³/mol. The van der Waals surface area contributed by atoms with E-state index in [4.69, 9.17) is 10.5 Å². The number of ether oxygens (including phenoxy) is 1. The normalized spacial score (nSPS) is 27.9. The standard InChI is InChI=1S/C14H21N3O2S/c15-13-10-19-9-12(13)14(18)17-5-3-16(4-6-17)8-11-2-1-7-20-11/h1-2,7,12-13H,3-6,8-10,15H2. The number of hydrogen-bond acceptors (Lipinski definition) is 5. The zero-order valence-corrected chi connectivity index (χ0v) is 12.3. The Morgan fingerprint density at radius 1 is 1.35 bits per heavy atom. The molecule has 0 aliphatic carbocycles. The van der Waals surface area contributed by atoms with Gasteiger partial charge in [0.15, 0.2) is 0 Å². The van der Waals surface area contributed by atoms with Crippen LogP contribution >= 0.6 is 11.3 Å². The minimum Gasteiger partial charge on any atom is -0.379 e. The van der Waals surface area contributed by atoms with Gasteiger partial charge in [-0.3, -0.25) is 9.69 Å². The summed E-state index contributed by atoms with van der Waals surface area (Å²) in [6, 6.07) is 4.12. The Hall–Kier alpha value is -0.950. The van der Waals surface area contributed by atoms with E-state index in [1.807, 2.05) is 4.90 Å². The molecule has 20 heavy (non-hydrogen) atoms. The van der Waals surface area contributed by atoms with Crippen molar-refractivity contribution in [2.75, 3.05) is 39.4 Å². The van der Waals surface area contributed by atoms with Gasteiger partial charge in [-0.15, -0.1) is 11.3 Å². The van der Waals surface area contributed by atoms with Gasteiger partial charge in [0, 0.05) is 43.6 Å². The van der Waals surface area contributed by atoms with Crippen molar-refractivity contribution in [2.24, 2.45) is 11.7 Å². The second-order valence-electron chi connectivity index (χ2n) is 5.49. The van der Waals surface area contributed by atoms with Gasteiger partial charge in [-0.05, 0) is 11.4 Å². The predicted octanol–water partition coefficient (Wildman–Crippen LogP) is 0.366. The summed E-state index contributed by atoms with van der Waals surface area (Å²) in [5, 5.41) is 2.11. The fourth-order valence-electron chi connectivity index (χ4n) is 2.81. The SMILES string of the molecule is NC1COCC1C(=O)N1CCN(Cc2cccs2)CC1. The summed E-state index contributed by atoms with van der Waals surface area (Å²) >= 11 is 1.79. The number of nitrogens with two attached hydrogens (primary N) is 1. The third-order valence-corrected chi connectivity index (χ3v) is 4.95. The van der Waals surface area contributed by atoms with Crippen molar-refractivity contribution < 1.29 is 9.53 Å². The molecule has 1 amide bonds. The van der Waals surface area contributed by atoms with Gasteiger partial charge in [-0.2, -0.15) is 0 Å². The third kappa shape index (κ3) is 3.03. The highest BCUT2D eigenvalue weighted by Crippen LogP contribution is 2.18. The smallest absolute Gasteiger partial charge is 0.229 e. The molecule has 0 bridgehead atoms. The van der Waals surface area contributed by atoms with Crippen LogP contribution < -0.4 is 5.73 Å². The molecule has 1 aromatic rings. The van der Waals surface area contributed by atoms with Crippen LogP contribution in [-0.2, 0) is 16.1 Å². The molecular weight excluding hydrogens is 274 g/mol. The molecule has 5 nitrogen and oxygen atoms in total. The number of carbonyl (C=O) groups excluding carboxylic acids is 1.